The van der Waals surface area contributed by atoms with Gasteiger partial charge < -0.3 is 19.5 Å². The third kappa shape index (κ3) is 5.28. The summed E-state index contributed by atoms with van der Waals surface area (Å²) in [6, 6.07) is 5.41. The first-order valence-corrected chi connectivity index (χ1v) is 11.3. The van der Waals surface area contributed by atoms with Gasteiger partial charge in [0, 0.05) is 11.0 Å². The zero-order valence-electron chi connectivity index (χ0n) is 18.4. The summed E-state index contributed by atoms with van der Waals surface area (Å²) in [6.45, 7) is 4.28. The van der Waals surface area contributed by atoms with Crippen molar-refractivity contribution in [1.82, 2.24) is 0 Å². The number of thiophene rings is 1. The van der Waals surface area contributed by atoms with Crippen LogP contribution in [0.25, 0.3) is 6.08 Å². The molecule has 1 unspecified atom stereocenters. The zero-order valence-corrected chi connectivity index (χ0v) is 19.3. The van der Waals surface area contributed by atoms with Crippen LogP contribution in [0.5, 0.6) is 11.5 Å². The summed E-state index contributed by atoms with van der Waals surface area (Å²) in [5.41, 5.74) is 2.35. The highest BCUT2D eigenvalue weighted by atomic mass is 32.1. The van der Waals surface area contributed by atoms with Crippen molar-refractivity contribution in [2.45, 2.75) is 39.5 Å². The first kappa shape index (κ1) is 22.9. The highest BCUT2D eigenvalue weighted by Gasteiger charge is 2.29. The molecule has 1 aliphatic carbocycles. The number of hydrogen-bond donors (Lipinski definition) is 1. The summed E-state index contributed by atoms with van der Waals surface area (Å²) in [7, 11) is 3.14. The quantitative estimate of drug-likeness (QED) is 0.453. The number of carbonyl (C=O) groups is 2. The van der Waals surface area contributed by atoms with E-state index in [4.69, 9.17) is 14.2 Å². The van der Waals surface area contributed by atoms with E-state index in [0.29, 0.717) is 34.6 Å². The van der Waals surface area contributed by atoms with Crippen molar-refractivity contribution in [3.05, 3.63) is 45.8 Å². The first-order valence-electron chi connectivity index (χ1n) is 10.5. The van der Waals surface area contributed by atoms with Gasteiger partial charge in [-0.25, -0.2) is 4.79 Å². The molecule has 3 rings (SSSR count). The van der Waals surface area contributed by atoms with E-state index in [1.54, 1.807) is 39.4 Å². The van der Waals surface area contributed by atoms with Crippen LogP contribution in [0.15, 0.2) is 24.3 Å². The van der Waals surface area contributed by atoms with E-state index in [2.05, 4.69) is 12.2 Å². The van der Waals surface area contributed by atoms with E-state index in [9.17, 15) is 9.59 Å². The Morgan fingerprint density at radius 1 is 1.19 bits per heavy atom. The van der Waals surface area contributed by atoms with Gasteiger partial charge in [-0.3, -0.25) is 4.79 Å². The Morgan fingerprint density at radius 3 is 2.65 bits per heavy atom. The van der Waals surface area contributed by atoms with Gasteiger partial charge in [-0.2, -0.15) is 0 Å². The predicted octanol–water partition coefficient (Wildman–Crippen LogP) is 5.11. The lowest BCUT2D eigenvalue weighted by molar-refractivity contribution is -0.111. The maximum atomic E-state index is 12.6. The minimum atomic E-state index is -0.367. The standard InChI is InChI=1S/C24H29NO5S/c1-5-15-7-10-17-20(14-15)31-23(22(17)24(27)30-6-2)25-21(26)12-9-16-8-11-18(28-3)19(13-16)29-4/h8-9,11-13,15H,5-7,10,14H2,1-4H3,(H,25,26)/b12-9+. The second-order valence-corrected chi connectivity index (χ2v) is 8.49. The van der Waals surface area contributed by atoms with Crippen molar-refractivity contribution in [2.75, 3.05) is 26.1 Å². The summed E-state index contributed by atoms with van der Waals surface area (Å²) in [4.78, 5) is 26.4. The molecule has 1 aromatic heterocycles. The van der Waals surface area contributed by atoms with Crippen LogP contribution in [0.3, 0.4) is 0 Å². The molecule has 0 saturated heterocycles. The van der Waals surface area contributed by atoms with Crippen LogP contribution in [-0.2, 0) is 22.4 Å². The van der Waals surface area contributed by atoms with E-state index < -0.39 is 0 Å². The van der Waals surface area contributed by atoms with Gasteiger partial charge in [0.1, 0.15) is 5.00 Å². The Kier molecular flexibility index (Phi) is 7.74. The van der Waals surface area contributed by atoms with Crippen LogP contribution in [0, 0.1) is 5.92 Å². The molecule has 0 aliphatic heterocycles. The summed E-state index contributed by atoms with van der Waals surface area (Å²) >= 11 is 1.49. The van der Waals surface area contributed by atoms with Crippen molar-refractivity contribution >= 4 is 34.3 Å². The lowest BCUT2D eigenvalue weighted by Crippen LogP contribution is -2.16. The lowest BCUT2D eigenvalue weighted by atomic mass is 9.85. The third-order valence-electron chi connectivity index (χ3n) is 5.50. The fourth-order valence-electron chi connectivity index (χ4n) is 3.79. The third-order valence-corrected chi connectivity index (χ3v) is 6.67. The van der Waals surface area contributed by atoms with Crippen LogP contribution in [0.4, 0.5) is 5.00 Å². The van der Waals surface area contributed by atoms with E-state index in [-0.39, 0.29) is 11.9 Å². The average molecular weight is 444 g/mol. The van der Waals surface area contributed by atoms with Crippen LogP contribution >= 0.6 is 11.3 Å². The maximum Gasteiger partial charge on any atom is 0.341 e. The second kappa shape index (κ2) is 10.5. The number of nitrogens with one attached hydrogen (secondary N) is 1. The van der Waals surface area contributed by atoms with Crippen molar-refractivity contribution in [3.8, 4) is 11.5 Å². The number of carbonyl (C=O) groups excluding carboxylic acids is 2. The molecule has 1 aromatic carbocycles. The molecule has 1 aliphatic rings. The molecule has 0 fully saturated rings. The number of rotatable bonds is 8. The molecule has 1 amide bonds. The molecular weight excluding hydrogens is 414 g/mol. The number of esters is 1. The molecule has 1 heterocycles. The number of benzene rings is 1. The Bertz CT molecular complexity index is 979. The van der Waals surface area contributed by atoms with Gasteiger partial charge in [0.25, 0.3) is 0 Å². The van der Waals surface area contributed by atoms with E-state index >= 15 is 0 Å². The van der Waals surface area contributed by atoms with E-state index in [0.717, 1.165) is 36.8 Å². The lowest BCUT2D eigenvalue weighted by Gasteiger charge is -2.20. The van der Waals surface area contributed by atoms with Crippen molar-refractivity contribution in [2.24, 2.45) is 5.92 Å². The number of hydrogen-bond acceptors (Lipinski definition) is 6. The molecule has 166 valence electrons. The summed E-state index contributed by atoms with van der Waals surface area (Å²) in [6.07, 6.45) is 7.10. The average Bonchev–Trinajstić information content (AvgIpc) is 3.14. The normalized spacial score (nSPS) is 15.4. The van der Waals surface area contributed by atoms with Crippen LogP contribution in [0.2, 0.25) is 0 Å². The largest absolute Gasteiger partial charge is 0.493 e. The van der Waals surface area contributed by atoms with E-state index in [1.807, 2.05) is 6.07 Å². The Balaban J connectivity index is 1.81. The fourth-order valence-corrected chi connectivity index (χ4v) is 5.14. The van der Waals surface area contributed by atoms with Crippen molar-refractivity contribution < 1.29 is 23.8 Å². The minimum absolute atomic E-state index is 0.299. The summed E-state index contributed by atoms with van der Waals surface area (Å²) < 4.78 is 15.8. The van der Waals surface area contributed by atoms with Crippen LogP contribution in [0.1, 0.15) is 53.1 Å². The Hall–Kier alpha value is -2.80. The van der Waals surface area contributed by atoms with Crippen molar-refractivity contribution in [3.63, 3.8) is 0 Å². The molecule has 31 heavy (non-hydrogen) atoms. The number of ether oxygens (including phenoxy) is 3. The minimum Gasteiger partial charge on any atom is -0.493 e. The number of fused-ring (bicyclic) bond motifs is 1. The van der Waals surface area contributed by atoms with Crippen molar-refractivity contribution in [1.29, 1.82) is 0 Å². The molecule has 0 radical (unpaired) electrons. The predicted molar refractivity (Wildman–Crippen MR) is 123 cm³/mol. The molecular formula is C24H29NO5S. The van der Waals surface area contributed by atoms with Gasteiger partial charge in [-0.1, -0.05) is 19.4 Å². The van der Waals surface area contributed by atoms with Crippen LogP contribution in [-0.4, -0.2) is 32.7 Å². The SMILES string of the molecule is CCOC(=O)c1c(NC(=O)/C=C/c2ccc(OC)c(OC)c2)sc2c1CCC(CC)C2. The van der Waals surface area contributed by atoms with Gasteiger partial charge in [-0.15, -0.1) is 11.3 Å². The van der Waals surface area contributed by atoms with E-state index in [1.165, 1.54) is 22.3 Å². The second-order valence-electron chi connectivity index (χ2n) is 7.38. The number of anilines is 1. The Labute approximate surface area is 187 Å². The fraction of sp³-hybridized carbons (Fsp3) is 0.417. The molecule has 0 bridgehead atoms. The Morgan fingerprint density at radius 2 is 1.97 bits per heavy atom. The first-order chi connectivity index (χ1) is 15.0. The molecule has 7 heteroatoms. The molecule has 0 spiro atoms. The number of methoxy groups -OCH3 is 2. The van der Waals surface area contributed by atoms with Gasteiger partial charge in [-0.05, 0) is 61.4 Å². The highest BCUT2D eigenvalue weighted by Crippen LogP contribution is 2.40. The van der Waals surface area contributed by atoms with Gasteiger partial charge >= 0.3 is 5.97 Å². The molecule has 1 atom stereocenters. The smallest absolute Gasteiger partial charge is 0.341 e. The zero-order chi connectivity index (χ0) is 22.4. The molecule has 6 nitrogen and oxygen atoms in total. The van der Waals surface area contributed by atoms with Crippen LogP contribution < -0.4 is 14.8 Å². The van der Waals surface area contributed by atoms with Gasteiger partial charge in [0.2, 0.25) is 5.91 Å². The van der Waals surface area contributed by atoms with Gasteiger partial charge in [0.15, 0.2) is 11.5 Å². The topological polar surface area (TPSA) is 73.9 Å². The molecule has 0 saturated carbocycles. The number of amides is 1. The molecule has 1 N–H and O–H groups in total. The summed E-state index contributed by atoms with van der Waals surface area (Å²) in [5.74, 6) is 1.17. The monoisotopic (exact) mass is 443 g/mol. The maximum absolute atomic E-state index is 12.6. The highest BCUT2D eigenvalue weighted by molar-refractivity contribution is 7.17. The molecule has 2 aromatic rings. The summed E-state index contributed by atoms with van der Waals surface area (Å²) in [5, 5.41) is 3.47. The van der Waals surface area contributed by atoms with Gasteiger partial charge in [0.05, 0.1) is 26.4 Å².